The highest BCUT2D eigenvalue weighted by Gasteiger charge is 2.15. The Kier molecular flexibility index (Phi) is 5.50. The SMILES string of the molecule is CCN(C(=O)O)c1ccc(-c2ccccc2)c(SC(C)C)c1. The van der Waals surface area contributed by atoms with Crippen molar-refractivity contribution in [2.75, 3.05) is 11.4 Å². The molecular weight excluding hydrogens is 294 g/mol. The van der Waals surface area contributed by atoms with Crippen LogP contribution in [0.2, 0.25) is 0 Å². The van der Waals surface area contributed by atoms with Crippen LogP contribution < -0.4 is 4.90 Å². The van der Waals surface area contributed by atoms with E-state index >= 15 is 0 Å². The number of anilines is 1. The predicted octanol–water partition coefficient (Wildman–Crippen LogP) is 5.36. The molecule has 0 unspecified atom stereocenters. The van der Waals surface area contributed by atoms with E-state index in [9.17, 15) is 9.90 Å². The first-order chi connectivity index (χ1) is 10.5. The zero-order chi connectivity index (χ0) is 16.1. The molecule has 22 heavy (non-hydrogen) atoms. The van der Waals surface area contributed by atoms with E-state index in [0.29, 0.717) is 11.8 Å². The van der Waals surface area contributed by atoms with Gasteiger partial charge >= 0.3 is 6.09 Å². The number of benzene rings is 2. The molecule has 4 heteroatoms. The fourth-order valence-electron chi connectivity index (χ4n) is 2.31. The van der Waals surface area contributed by atoms with Gasteiger partial charge in [0.1, 0.15) is 0 Å². The molecule has 3 nitrogen and oxygen atoms in total. The number of amides is 1. The van der Waals surface area contributed by atoms with E-state index in [4.69, 9.17) is 0 Å². The van der Waals surface area contributed by atoms with Crippen molar-refractivity contribution >= 4 is 23.5 Å². The summed E-state index contributed by atoms with van der Waals surface area (Å²) in [6, 6.07) is 16.1. The van der Waals surface area contributed by atoms with Gasteiger partial charge in [-0.15, -0.1) is 11.8 Å². The summed E-state index contributed by atoms with van der Waals surface area (Å²) in [4.78, 5) is 13.8. The number of hydrogen-bond donors (Lipinski definition) is 1. The summed E-state index contributed by atoms with van der Waals surface area (Å²) in [6.07, 6.45) is -0.921. The first kappa shape index (κ1) is 16.4. The molecule has 0 heterocycles. The summed E-state index contributed by atoms with van der Waals surface area (Å²) in [7, 11) is 0. The average Bonchev–Trinajstić information content (AvgIpc) is 2.48. The summed E-state index contributed by atoms with van der Waals surface area (Å²) >= 11 is 1.75. The van der Waals surface area contributed by atoms with Crippen LogP contribution in [0.25, 0.3) is 11.1 Å². The van der Waals surface area contributed by atoms with Crippen molar-refractivity contribution in [3.05, 3.63) is 48.5 Å². The molecule has 0 fully saturated rings. The van der Waals surface area contributed by atoms with Gasteiger partial charge in [-0.25, -0.2) is 4.79 Å². The van der Waals surface area contributed by atoms with Crippen molar-refractivity contribution in [1.82, 2.24) is 0 Å². The fraction of sp³-hybridized carbons (Fsp3) is 0.278. The maximum atomic E-state index is 11.3. The van der Waals surface area contributed by atoms with Crippen molar-refractivity contribution in [3.8, 4) is 11.1 Å². The molecule has 0 spiro atoms. The summed E-state index contributed by atoms with van der Waals surface area (Å²) < 4.78 is 0. The zero-order valence-electron chi connectivity index (χ0n) is 13.1. The Bertz CT molecular complexity index is 641. The van der Waals surface area contributed by atoms with Crippen LogP contribution in [0.15, 0.2) is 53.4 Å². The minimum atomic E-state index is -0.921. The third kappa shape index (κ3) is 3.83. The van der Waals surface area contributed by atoms with E-state index in [1.165, 1.54) is 4.90 Å². The van der Waals surface area contributed by atoms with E-state index in [2.05, 4.69) is 26.0 Å². The van der Waals surface area contributed by atoms with Crippen molar-refractivity contribution < 1.29 is 9.90 Å². The molecule has 0 aliphatic heterocycles. The molecule has 0 bridgehead atoms. The van der Waals surface area contributed by atoms with Gasteiger partial charge in [0.15, 0.2) is 0 Å². The second-order valence-corrected chi connectivity index (χ2v) is 6.86. The number of thioether (sulfide) groups is 1. The average molecular weight is 315 g/mol. The van der Waals surface area contributed by atoms with Gasteiger partial charge in [-0.3, -0.25) is 4.90 Å². The molecule has 2 rings (SSSR count). The lowest BCUT2D eigenvalue weighted by molar-refractivity contribution is 0.202. The molecule has 1 N–H and O–H groups in total. The molecule has 0 aliphatic rings. The van der Waals surface area contributed by atoms with E-state index in [1.54, 1.807) is 11.8 Å². The molecule has 1 amide bonds. The quantitative estimate of drug-likeness (QED) is 0.755. The lowest BCUT2D eigenvalue weighted by atomic mass is 10.1. The minimum absolute atomic E-state index is 0.428. The highest BCUT2D eigenvalue weighted by molar-refractivity contribution is 8.00. The largest absolute Gasteiger partial charge is 0.465 e. The van der Waals surface area contributed by atoms with Crippen LogP contribution in [0, 0.1) is 0 Å². The van der Waals surface area contributed by atoms with Gasteiger partial charge in [0.05, 0.1) is 0 Å². The Morgan fingerprint density at radius 3 is 2.41 bits per heavy atom. The number of carboxylic acid groups (broad SMARTS) is 1. The number of rotatable bonds is 5. The van der Waals surface area contributed by atoms with Gasteiger partial charge in [0.2, 0.25) is 0 Å². The highest BCUT2D eigenvalue weighted by atomic mass is 32.2. The maximum Gasteiger partial charge on any atom is 0.411 e. The lowest BCUT2D eigenvalue weighted by Gasteiger charge is -2.20. The van der Waals surface area contributed by atoms with E-state index in [1.807, 2.05) is 43.3 Å². The normalized spacial score (nSPS) is 10.7. The zero-order valence-corrected chi connectivity index (χ0v) is 13.9. The topological polar surface area (TPSA) is 40.5 Å². The van der Waals surface area contributed by atoms with Gasteiger partial charge in [-0.2, -0.15) is 0 Å². The monoisotopic (exact) mass is 315 g/mol. The van der Waals surface area contributed by atoms with E-state index in [0.717, 1.165) is 21.7 Å². The number of nitrogens with zero attached hydrogens (tertiary/aromatic N) is 1. The van der Waals surface area contributed by atoms with E-state index < -0.39 is 6.09 Å². The summed E-state index contributed by atoms with van der Waals surface area (Å²) in [5.41, 5.74) is 3.01. The number of carbonyl (C=O) groups is 1. The van der Waals surface area contributed by atoms with Crippen molar-refractivity contribution in [2.24, 2.45) is 0 Å². The Labute approximate surface area is 136 Å². The third-order valence-electron chi connectivity index (χ3n) is 3.27. The van der Waals surface area contributed by atoms with Crippen molar-refractivity contribution in [1.29, 1.82) is 0 Å². The fourth-order valence-corrected chi connectivity index (χ4v) is 3.32. The first-order valence-electron chi connectivity index (χ1n) is 7.39. The van der Waals surface area contributed by atoms with Crippen molar-refractivity contribution in [3.63, 3.8) is 0 Å². The molecule has 2 aromatic rings. The lowest BCUT2D eigenvalue weighted by Crippen LogP contribution is -2.28. The van der Waals surface area contributed by atoms with Crippen LogP contribution in [0.5, 0.6) is 0 Å². The molecule has 0 aliphatic carbocycles. The van der Waals surface area contributed by atoms with Gasteiger partial charge in [-0.05, 0) is 30.2 Å². The molecule has 116 valence electrons. The summed E-state index contributed by atoms with van der Waals surface area (Å²) in [5.74, 6) is 0. The predicted molar refractivity (Wildman–Crippen MR) is 93.9 cm³/mol. The number of hydrogen-bond acceptors (Lipinski definition) is 2. The second kappa shape index (κ2) is 7.36. The van der Waals surface area contributed by atoms with Gasteiger partial charge in [-0.1, -0.05) is 50.2 Å². The van der Waals surface area contributed by atoms with Crippen LogP contribution >= 0.6 is 11.8 Å². The maximum absolute atomic E-state index is 11.3. The molecule has 0 radical (unpaired) electrons. The Morgan fingerprint density at radius 2 is 1.86 bits per heavy atom. The molecule has 2 aromatic carbocycles. The summed E-state index contributed by atoms with van der Waals surface area (Å²) in [6.45, 7) is 6.56. The Hall–Kier alpha value is -1.94. The Balaban J connectivity index is 2.49. The standard InChI is InChI=1S/C18H21NO2S/c1-4-19(18(20)21)15-10-11-16(14-8-6-5-7-9-14)17(12-15)22-13(2)3/h5-13H,4H2,1-3H3,(H,20,21). The second-order valence-electron chi connectivity index (χ2n) is 5.24. The highest BCUT2D eigenvalue weighted by Crippen LogP contribution is 2.36. The summed E-state index contributed by atoms with van der Waals surface area (Å²) in [5, 5.41) is 9.73. The molecule has 0 atom stereocenters. The minimum Gasteiger partial charge on any atom is -0.465 e. The third-order valence-corrected chi connectivity index (χ3v) is 4.33. The smallest absolute Gasteiger partial charge is 0.411 e. The van der Waals surface area contributed by atoms with Crippen LogP contribution in [-0.4, -0.2) is 23.0 Å². The van der Waals surface area contributed by atoms with Crippen LogP contribution in [0.4, 0.5) is 10.5 Å². The van der Waals surface area contributed by atoms with Gasteiger partial charge in [0.25, 0.3) is 0 Å². The van der Waals surface area contributed by atoms with Crippen LogP contribution in [0.1, 0.15) is 20.8 Å². The molecular formula is C18H21NO2S. The van der Waals surface area contributed by atoms with E-state index in [-0.39, 0.29) is 0 Å². The van der Waals surface area contributed by atoms with Crippen LogP contribution in [-0.2, 0) is 0 Å². The Morgan fingerprint density at radius 1 is 1.18 bits per heavy atom. The molecule has 0 saturated carbocycles. The van der Waals surface area contributed by atoms with Gasteiger partial charge in [0, 0.05) is 22.4 Å². The molecule has 0 aromatic heterocycles. The van der Waals surface area contributed by atoms with Crippen molar-refractivity contribution in [2.45, 2.75) is 30.9 Å². The van der Waals surface area contributed by atoms with Crippen LogP contribution in [0.3, 0.4) is 0 Å². The first-order valence-corrected chi connectivity index (χ1v) is 8.27. The van der Waals surface area contributed by atoms with Gasteiger partial charge < -0.3 is 5.11 Å². The molecule has 0 saturated heterocycles.